The Balaban J connectivity index is 2.12. The largest absolute Gasteiger partial charge is 0.481 e. The number of aromatic nitrogens is 1. The number of H-pyrrole nitrogens is 1. The van der Waals surface area contributed by atoms with Crippen LogP contribution < -0.4 is 10.1 Å². The monoisotopic (exact) mass is 304 g/mol. The van der Waals surface area contributed by atoms with E-state index in [-0.39, 0.29) is 5.91 Å². The Morgan fingerprint density at radius 1 is 1.32 bits per heavy atom. The number of nitrogens with one attached hydrogen (secondary N) is 2. The number of carboxylic acid groups (broad SMARTS) is 1. The van der Waals surface area contributed by atoms with Crippen molar-refractivity contribution in [2.24, 2.45) is 0 Å². The molecule has 0 unspecified atom stereocenters. The summed E-state index contributed by atoms with van der Waals surface area (Å²) in [4.78, 5) is 35.8. The fraction of sp³-hybridized carbons (Fsp3) is 0.267. The standard InChI is InChI=1S/C15H16N2O5/c1-9(18)16-5-4-10-8-17-13-3-2-11(6-12(10)13)22-15(21)7-14(19)20/h2-3,6,8,17H,4-5,7H2,1H3,(H,16,18)(H,19,20). The molecule has 0 fully saturated rings. The van der Waals surface area contributed by atoms with Gasteiger partial charge in [0.2, 0.25) is 5.91 Å². The SMILES string of the molecule is CC(=O)NCCc1c[nH]c2ccc(OC(=O)CC(=O)O)cc12. The van der Waals surface area contributed by atoms with E-state index < -0.39 is 18.4 Å². The Hall–Kier alpha value is -2.83. The smallest absolute Gasteiger partial charge is 0.322 e. The van der Waals surface area contributed by atoms with Gasteiger partial charge in [-0.05, 0) is 30.2 Å². The molecule has 0 radical (unpaired) electrons. The van der Waals surface area contributed by atoms with Crippen LogP contribution in [0.2, 0.25) is 0 Å². The number of aliphatic carboxylic acids is 1. The lowest BCUT2D eigenvalue weighted by molar-refractivity contribution is -0.145. The van der Waals surface area contributed by atoms with E-state index in [9.17, 15) is 14.4 Å². The number of hydrogen-bond donors (Lipinski definition) is 3. The third-order valence-corrected chi connectivity index (χ3v) is 3.03. The minimum absolute atomic E-state index is 0.0943. The van der Waals surface area contributed by atoms with E-state index in [1.807, 2.05) is 6.20 Å². The van der Waals surface area contributed by atoms with Crippen LogP contribution in [0, 0.1) is 0 Å². The second kappa shape index (κ2) is 6.75. The molecular formula is C15H16N2O5. The molecule has 22 heavy (non-hydrogen) atoms. The molecule has 2 rings (SSSR count). The summed E-state index contributed by atoms with van der Waals surface area (Å²) in [6.07, 6.45) is 1.78. The quantitative estimate of drug-likeness (QED) is 0.422. The van der Waals surface area contributed by atoms with Crippen LogP contribution in [-0.2, 0) is 20.8 Å². The van der Waals surface area contributed by atoms with Crippen molar-refractivity contribution >= 4 is 28.7 Å². The maximum absolute atomic E-state index is 11.4. The average molecular weight is 304 g/mol. The Morgan fingerprint density at radius 2 is 2.09 bits per heavy atom. The van der Waals surface area contributed by atoms with Crippen molar-refractivity contribution in [3.63, 3.8) is 0 Å². The molecule has 0 bridgehead atoms. The number of amides is 1. The molecular weight excluding hydrogens is 288 g/mol. The molecule has 7 heteroatoms. The van der Waals surface area contributed by atoms with Gasteiger partial charge in [-0.15, -0.1) is 0 Å². The molecule has 1 aromatic heterocycles. The number of fused-ring (bicyclic) bond motifs is 1. The summed E-state index contributed by atoms with van der Waals surface area (Å²) < 4.78 is 5.00. The van der Waals surface area contributed by atoms with Gasteiger partial charge in [-0.2, -0.15) is 0 Å². The minimum Gasteiger partial charge on any atom is -0.481 e. The fourth-order valence-corrected chi connectivity index (χ4v) is 2.09. The van der Waals surface area contributed by atoms with Gasteiger partial charge in [0.15, 0.2) is 0 Å². The van der Waals surface area contributed by atoms with E-state index in [4.69, 9.17) is 9.84 Å². The topological polar surface area (TPSA) is 108 Å². The number of carbonyl (C=O) groups is 3. The van der Waals surface area contributed by atoms with Gasteiger partial charge in [0.25, 0.3) is 0 Å². The number of benzene rings is 1. The number of esters is 1. The summed E-state index contributed by atoms with van der Waals surface area (Å²) in [7, 11) is 0. The van der Waals surface area contributed by atoms with Crippen molar-refractivity contribution in [3.8, 4) is 5.75 Å². The van der Waals surface area contributed by atoms with Crippen molar-refractivity contribution in [2.45, 2.75) is 19.8 Å². The van der Waals surface area contributed by atoms with Crippen molar-refractivity contribution < 1.29 is 24.2 Å². The third-order valence-electron chi connectivity index (χ3n) is 3.03. The van der Waals surface area contributed by atoms with E-state index in [1.165, 1.54) is 6.92 Å². The molecule has 1 amide bonds. The summed E-state index contributed by atoms with van der Waals surface area (Å²) in [5.41, 5.74) is 1.84. The van der Waals surface area contributed by atoms with Crippen LogP contribution in [0.15, 0.2) is 24.4 Å². The normalized spacial score (nSPS) is 10.4. The highest BCUT2D eigenvalue weighted by molar-refractivity contribution is 5.92. The van der Waals surface area contributed by atoms with Crippen molar-refractivity contribution in [3.05, 3.63) is 30.0 Å². The number of rotatable bonds is 6. The highest BCUT2D eigenvalue weighted by atomic mass is 16.5. The van der Waals surface area contributed by atoms with Crippen LogP contribution in [0.4, 0.5) is 0 Å². The Bertz CT molecular complexity index is 720. The van der Waals surface area contributed by atoms with Crippen molar-refractivity contribution in [2.75, 3.05) is 6.54 Å². The number of carbonyl (C=O) groups excluding carboxylic acids is 2. The van der Waals surface area contributed by atoms with Gasteiger partial charge in [-0.1, -0.05) is 0 Å². The van der Waals surface area contributed by atoms with Crippen LogP contribution in [0.1, 0.15) is 18.9 Å². The van der Waals surface area contributed by atoms with Gasteiger partial charge in [-0.25, -0.2) is 0 Å². The number of hydrogen-bond acceptors (Lipinski definition) is 4. The second-order valence-electron chi connectivity index (χ2n) is 4.80. The molecule has 0 spiro atoms. The van der Waals surface area contributed by atoms with Gasteiger partial charge in [0.05, 0.1) is 0 Å². The molecule has 0 saturated heterocycles. The number of ether oxygens (including phenoxy) is 1. The zero-order valence-corrected chi connectivity index (χ0v) is 12.0. The molecule has 1 heterocycles. The van der Waals surface area contributed by atoms with Gasteiger partial charge in [-0.3, -0.25) is 14.4 Å². The number of aromatic amines is 1. The molecule has 0 aliphatic carbocycles. The molecule has 0 aliphatic heterocycles. The van der Waals surface area contributed by atoms with Crippen LogP contribution in [0.3, 0.4) is 0 Å². The van der Waals surface area contributed by atoms with E-state index in [0.717, 1.165) is 16.5 Å². The summed E-state index contributed by atoms with van der Waals surface area (Å²) in [5, 5.41) is 12.1. The first-order valence-corrected chi connectivity index (χ1v) is 6.72. The number of carboxylic acids is 1. The van der Waals surface area contributed by atoms with Crippen molar-refractivity contribution in [1.82, 2.24) is 10.3 Å². The summed E-state index contributed by atoms with van der Waals surface area (Å²) >= 11 is 0. The maximum Gasteiger partial charge on any atom is 0.322 e. The maximum atomic E-state index is 11.4. The van der Waals surface area contributed by atoms with Gasteiger partial charge in [0, 0.05) is 30.6 Å². The van der Waals surface area contributed by atoms with Crippen LogP contribution in [-0.4, -0.2) is 34.5 Å². The molecule has 2 aromatic rings. The molecule has 0 aliphatic rings. The van der Waals surface area contributed by atoms with E-state index in [1.54, 1.807) is 18.2 Å². The van der Waals surface area contributed by atoms with Gasteiger partial charge < -0.3 is 20.1 Å². The highest BCUT2D eigenvalue weighted by Gasteiger charge is 2.11. The predicted molar refractivity (Wildman–Crippen MR) is 78.6 cm³/mol. The lowest BCUT2D eigenvalue weighted by atomic mass is 10.1. The first-order valence-electron chi connectivity index (χ1n) is 6.72. The van der Waals surface area contributed by atoms with Crippen LogP contribution >= 0.6 is 0 Å². The minimum atomic E-state index is -1.23. The zero-order chi connectivity index (χ0) is 16.1. The molecule has 116 valence electrons. The average Bonchev–Trinajstić information content (AvgIpc) is 2.80. The van der Waals surface area contributed by atoms with E-state index >= 15 is 0 Å². The molecule has 0 saturated carbocycles. The predicted octanol–water partition coefficient (Wildman–Crippen LogP) is 1.23. The molecule has 7 nitrogen and oxygen atoms in total. The summed E-state index contributed by atoms with van der Waals surface area (Å²) in [5.74, 6) is -1.85. The summed E-state index contributed by atoms with van der Waals surface area (Å²) in [6.45, 7) is 1.96. The summed E-state index contributed by atoms with van der Waals surface area (Å²) in [6, 6.07) is 5.02. The second-order valence-corrected chi connectivity index (χ2v) is 4.80. The Labute approximate surface area is 126 Å². The Morgan fingerprint density at radius 3 is 2.77 bits per heavy atom. The fourth-order valence-electron chi connectivity index (χ4n) is 2.09. The van der Waals surface area contributed by atoms with Gasteiger partial charge >= 0.3 is 11.9 Å². The van der Waals surface area contributed by atoms with E-state index in [0.29, 0.717) is 18.7 Å². The van der Waals surface area contributed by atoms with Gasteiger partial charge in [0.1, 0.15) is 12.2 Å². The first-order chi connectivity index (χ1) is 10.5. The first kappa shape index (κ1) is 15.6. The molecule has 1 aromatic carbocycles. The van der Waals surface area contributed by atoms with Crippen LogP contribution in [0.5, 0.6) is 5.75 Å². The molecule has 3 N–H and O–H groups in total. The van der Waals surface area contributed by atoms with Crippen LogP contribution in [0.25, 0.3) is 10.9 Å². The van der Waals surface area contributed by atoms with Crippen molar-refractivity contribution in [1.29, 1.82) is 0 Å². The zero-order valence-electron chi connectivity index (χ0n) is 12.0. The lowest BCUT2D eigenvalue weighted by Gasteiger charge is -2.04. The highest BCUT2D eigenvalue weighted by Crippen LogP contribution is 2.24. The Kier molecular flexibility index (Phi) is 4.77. The third kappa shape index (κ3) is 4.08. The van der Waals surface area contributed by atoms with E-state index in [2.05, 4.69) is 10.3 Å². The lowest BCUT2D eigenvalue weighted by Crippen LogP contribution is -2.22. The molecule has 0 atom stereocenters.